The smallest absolute Gasteiger partial charge is 0.0799 e. The predicted octanol–water partition coefficient (Wildman–Crippen LogP) is 1.56. The zero-order valence-electron chi connectivity index (χ0n) is 12.6. The molecule has 0 amide bonds. The fourth-order valence-corrected chi connectivity index (χ4v) is 2.28. The summed E-state index contributed by atoms with van der Waals surface area (Å²) in [6, 6.07) is 2.16. The van der Waals surface area contributed by atoms with Crippen LogP contribution in [0.4, 0.5) is 0 Å². The van der Waals surface area contributed by atoms with Crippen LogP contribution in [0.2, 0.25) is 0 Å². The van der Waals surface area contributed by atoms with Gasteiger partial charge < -0.3 is 5.32 Å². The van der Waals surface area contributed by atoms with E-state index in [1.54, 1.807) is 0 Å². The second kappa shape index (κ2) is 6.56. The van der Waals surface area contributed by atoms with Crippen molar-refractivity contribution in [1.29, 1.82) is 0 Å². The van der Waals surface area contributed by atoms with Gasteiger partial charge in [0.15, 0.2) is 0 Å². The Bertz CT molecular complexity index is 563. The fourth-order valence-electron chi connectivity index (χ4n) is 2.28. The van der Waals surface area contributed by atoms with Gasteiger partial charge in [-0.25, -0.2) is 0 Å². The first-order valence-corrected chi connectivity index (χ1v) is 7.08. The van der Waals surface area contributed by atoms with Crippen LogP contribution < -0.4 is 5.32 Å². The maximum Gasteiger partial charge on any atom is 0.0799 e. The van der Waals surface area contributed by atoms with Gasteiger partial charge in [0.05, 0.1) is 29.3 Å². The van der Waals surface area contributed by atoms with E-state index < -0.39 is 0 Å². The summed E-state index contributed by atoms with van der Waals surface area (Å²) in [4.78, 5) is 0. The van der Waals surface area contributed by atoms with E-state index >= 15 is 0 Å². The molecule has 0 aliphatic rings. The van der Waals surface area contributed by atoms with Crippen molar-refractivity contribution in [2.45, 2.75) is 39.7 Å². The lowest BCUT2D eigenvalue weighted by atomic mass is 10.0. The lowest BCUT2D eigenvalue weighted by Gasteiger charge is -2.20. The molecule has 108 valence electrons. The molecule has 0 saturated carbocycles. The monoisotopic (exact) mass is 274 g/mol. The first kappa shape index (κ1) is 14.6. The summed E-state index contributed by atoms with van der Waals surface area (Å²) < 4.78 is 1.81. The SMILES string of the molecule is CCCNC(c1cc(C)nnc1CC)c1cnnn1C. The van der Waals surface area contributed by atoms with Gasteiger partial charge in [-0.3, -0.25) is 4.68 Å². The average Bonchev–Trinajstić information content (AvgIpc) is 2.86. The van der Waals surface area contributed by atoms with Gasteiger partial charge >= 0.3 is 0 Å². The summed E-state index contributed by atoms with van der Waals surface area (Å²) in [6.07, 6.45) is 3.74. The van der Waals surface area contributed by atoms with Crippen molar-refractivity contribution in [3.8, 4) is 0 Å². The number of aryl methyl sites for hydroxylation is 3. The van der Waals surface area contributed by atoms with E-state index in [-0.39, 0.29) is 6.04 Å². The molecule has 20 heavy (non-hydrogen) atoms. The van der Waals surface area contributed by atoms with Crippen LogP contribution in [-0.4, -0.2) is 31.7 Å². The normalized spacial score (nSPS) is 12.6. The van der Waals surface area contributed by atoms with Crippen LogP contribution in [0.3, 0.4) is 0 Å². The minimum absolute atomic E-state index is 0.0547. The zero-order chi connectivity index (χ0) is 14.5. The summed E-state index contributed by atoms with van der Waals surface area (Å²) in [5.41, 5.74) is 4.15. The van der Waals surface area contributed by atoms with Gasteiger partial charge in [-0.15, -0.1) is 5.10 Å². The van der Waals surface area contributed by atoms with Crippen LogP contribution in [0.15, 0.2) is 12.3 Å². The number of nitrogens with one attached hydrogen (secondary N) is 1. The summed E-state index contributed by atoms with van der Waals surface area (Å²) >= 11 is 0. The molecule has 2 aromatic rings. The molecular weight excluding hydrogens is 252 g/mol. The lowest BCUT2D eigenvalue weighted by molar-refractivity contribution is 0.543. The van der Waals surface area contributed by atoms with Gasteiger partial charge in [-0.05, 0) is 32.4 Å². The Morgan fingerprint density at radius 3 is 2.70 bits per heavy atom. The van der Waals surface area contributed by atoms with Gasteiger partial charge in [0.1, 0.15) is 0 Å². The van der Waals surface area contributed by atoms with E-state index in [1.807, 2.05) is 24.9 Å². The molecule has 1 unspecified atom stereocenters. The molecular formula is C14H22N6. The number of hydrogen-bond donors (Lipinski definition) is 1. The summed E-state index contributed by atoms with van der Waals surface area (Å²) in [5, 5.41) is 20.1. The Morgan fingerprint density at radius 2 is 2.10 bits per heavy atom. The highest BCUT2D eigenvalue weighted by Crippen LogP contribution is 2.24. The van der Waals surface area contributed by atoms with Gasteiger partial charge in [-0.1, -0.05) is 19.1 Å². The van der Waals surface area contributed by atoms with Crippen LogP contribution in [-0.2, 0) is 13.5 Å². The molecule has 0 radical (unpaired) electrons. The Kier molecular flexibility index (Phi) is 4.79. The predicted molar refractivity (Wildman–Crippen MR) is 77.3 cm³/mol. The van der Waals surface area contributed by atoms with Crippen LogP contribution in [0.1, 0.15) is 49.0 Å². The number of rotatable bonds is 6. The van der Waals surface area contributed by atoms with Gasteiger partial charge in [0.25, 0.3) is 0 Å². The third-order valence-electron chi connectivity index (χ3n) is 3.32. The number of nitrogens with zero attached hydrogens (tertiary/aromatic N) is 5. The second-order valence-corrected chi connectivity index (χ2v) is 4.91. The molecule has 0 aliphatic carbocycles. The van der Waals surface area contributed by atoms with E-state index in [0.717, 1.165) is 36.5 Å². The van der Waals surface area contributed by atoms with Gasteiger partial charge in [0.2, 0.25) is 0 Å². The molecule has 2 aromatic heterocycles. The molecule has 1 N–H and O–H groups in total. The number of hydrogen-bond acceptors (Lipinski definition) is 5. The first-order chi connectivity index (χ1) is 9.67. The molecule has 1 atom stereocenters. The van der Waals surface area contributed by atoms with E-state index in [9.17, 15) is 0 Å². The molecule has 0 aromatic carbocycles. The van der Waals surface area contributed by atoms with Gasteiger partial charge in [-0.2, -0.15) is 10.2 Å². The van der Waals surface area contributed by atoms with Crippen molar-refractivity contribution in [3.05, 3.63) is 34.9 Å². The molecule has 2 rings (SSSR count). The van der Waals surface area contributed by atoms with Crippen LogP contribution >= 0.6 is 0 Å². The van der Waals surface area contributed by atoms with E-state index in [0.29, 0.717) is 0 Å². The van der Waals surface area contributed by atoms with Crippen molar-refractivity contribution in [2.75, 3.05) is 6.54 Å². The third-order valence-corrected chi connectivity index (χ3v) is 3.32. The summed E-state index contributed by atoms with van der Waals surface area (Å²) in [5.74, 6) is 0. The van der Waals surface area contributed by atoms with Crippen molar-refractivity contribution in [3.63, 3.8) is 0 Å². The maximum absolute atomic E-state index is 4.33. The van der Waals surface area contributed by atoms with Crippen LogP contribution in [0, 0.1) is 6.92 Å². The molecule has 0 bridgehead atoms. The van der Waals surface area contributed by atoms with Crippen LogP contribution in [0.25, 0.3) is 0 Å². The highest BCUT2D eigenvalue weighted by Gasteiger charge is 2.21. The third kappa shape index (κ3) is 3.01. The van der Waals surface area contributed by atoms with E-state index in [4.69, 9.17) is 0 Å². The lowest BCUT2D eigenvalue weighted by Crippen LogP contribution is -2.27. The van der Waals surface area contributed by atoms with Crippen molar-refractivity contribution >= 4 is 0 Å². The molecule has 2 heterocycles. The first-order valence-electron chi connectivity index (χ1n) is 7.08. The summed E-state index contributed by atoms with van der Waals surface area (Å²) in [6.45, 7) is 7.15. The highest BCUT2D eigenvalue weighted by atomic mass is 15.4. The van der Waals surface area contributed by atoms with E-state index in [2.05, 4.69) is 45.7 Å². The molecule has 0 aliphatic heterocycles. The second-order valence-electron chi connectivity index (χ2n) is 4.91. The fraction of sp³-hybridized carbons (Fsp3) is 0.571. The highest BCUT2D eigenvalue weighted by molar-refractivity contribution is 5.31. The van der Waals surface area contributed by atoms with E-state index in [1.165, 1.54) is 5.56 Å². The van der Waals surface area contributed by atoms with Crippen molar-refractivity contribution in [2.24, 2.45) is 7.05 Å². The molecule has 6 nitrogen and oxygen atoms in total. The minimum atomic E-state index is 0.0547. The standard InChI is InChI=1S/C14H22N6/c1-5-7-15-14(13-9-16-19-20(13)4)11-8-10(3)17-18-12(11)6-2/h8-9,14-15H,5-7H2,1-4H3. The molecule has 0 saturated heterocycles. The number of aromatic nitrogens is 5. The van der Waals surface area contributed by atoms with Crippen molar-refractivity contribution < 1.29 is 0 Å². The zero-order valence-corrected chi connectivity index (χ0v) is 12.6. The largest absolute Gasteiger partial charge is 0.305 e. The Labute approximate surface area is 119 Å². The van der Waals surface area contributed by atoms with Crippen LogP contribution in [0.5, 0.6) is 0 Å². The Morgan fingerprint density at radius 1 is 1.30 bits per heavy atom. The summed E-state index contributed by atoms with van der Waals surface area (Å²) in [7, 11) is 1.91. The Balaban J connectivity index is 2.46. The topological polar surface area (TPSA) is 68.5 Å². The molecule has 6 heteroatoms. The van der Waals surface area contributed by atoms with Gasteiger partial charge in [0, 0.05) is 12.6 Å². The quantitative estimate of drug-likeness (QED) is 0.866. The maximum atomic E-state index is 4.33. The Hall–Kier alpha value is -1.82. The average molecular weight is 274 g/mol. The molecule has 0 fully saturated rings. The molecule has 0 spiro atoms. The van der Waals surface area contributed by atoms with Crippen molar-refractivity contribution in [1.82, 2.24) is 30.5 Å². The minimum Gasteiger partial charge on any atom is -0.305 e.